The second-order valence-corrected chi connectivity index (χ2v) is 10.1. The first-order valence-corrected chi connectivity index (χ1v) is 12.7. The monoisotopic (exact) mass is 416 g/mol. The average Bonchev–Trinajstić information content (AvgIpc) is 2.66. The van der Waals surface area contributed by atoms with E-state index in [1.807, 2.05) is 0 Å². The number of carbonyl (C=O) groups excluding carboxylic acids is 2. The molecule has 27 heavy (non-hydrogen) atoms. The lowest BCUT2D eigenvalue weighted by Gasteiger charge is -2.34. The van der Waals surface area contributed by atoms with Gasteiger partial charge in [0.1, 0.15) is 0 Å². The molecule has 154 valence electrons. The third kappa shape index (κ3) is 8.34. The van der Waals surface area contributed by atoms with Crippen LogP contribution in [-0.4, -0.2) is 51.5 Å². The molecule has 6 nitrogen and oxygen atoms in total. The molecule has 8 heteroatoms. The number of hydrogen-bond donors (Lipinski definition) is 2. The molecule has 0 bridgehead atoms. The van der Waals surface area contributed by atoms with Crippen LogP contribution < -0.4 is 5.32 Å². The second kappa shape index (κ2) is 12.5. The maximum absolute atomic E-state index is 12.9. The zero-order valence-electron chi connectivity index (χ0n) is 16.0. The highest BCUT2D eigenvalue weighted by molar-refractivity contribution is 8.76. The Bertz CT molecular complexity index is 492. The zero-order valence-corrected chi connectivity index (χ0v) is 17.6. The van der Waals surface area contributed by atoms with Crippen LogP contribution in [0.1, 0.15) is 77.0 Å². The van der Waals surface area contributed by atoms with Gasteiger partial charge in [-0.2, -0.15) is 0 Å². The topological polar surface area (TPSA) is 86.7 Å². The predicted molar refractivity (Wildman–Crippen MR) is 111 cm³/mol. The number of aliphatic carboxylic acids is 1. The van der Waals surface area contributed by atoms with Crippen molar-refractivity contribution in [3.8, 4) is 0 Å². The molecular weight excluding hydrogens is 384 g/mol. The van der Waals surface area contributed by atoms with Crippen LogP contribution in [-0.2, 0) is 9.59 Å². The van der Waals surface area contributed by atoms with Crippen LogP contribution in [0.15, 0.2) is 0 Å². The largest absolute Gasteiger partial charge is 0.481 e. The zero-order chi connectivity index (χ0) is 19.5. The van der Waals surface area contributed by atoms with E-state index in [1.54, 1.807) is 0 Å². The van der Waals surface area contributed by atoms with Crippen LogP contribution in [0.5, 0.6) is 0 Å². The molecule has 0 heterocycles. The van der Waals surface area contributed by atoms with E-state index < -0.39 is 5.97 Å². The lowest BCUT2D eigenvalue weighted by molar-refractivity contribution is -0.136. The van der Waals surface area contributed by atoms with Crippen LogP contribution in [0.25, 0.3) is 0 Å². The third-order valence-corrected chi connectivity index (χ3v) is 7.65. The molecule has 0 radical (unpaired) electrons. The molecule has 0 aromatic rings. The van der Waals surface area contributed by atoms with E-state index in [9.17, 15) is 14.4 Å². The van der Waals surface area contributed by atoms with Gasteiger partial charge in [-0.15, -0.1) is 0 Å². The number of nitrogens with one attached hydrogen (secondary N) is 1. The van der Waals surface area contributed by atoms with Crippen LogP contribution in [0, 0.1) is 0 Å². The number of carbonyl (C=O) groups is 3. The molecule has 2 fully saturated rings. The molecule has 0 atom stereocenters. The van der Waals surface area contributed by atoms with Crippen molar-refractivity contribution in [2.75, 3.05) is 11.5 Å². The summed E-state index contributed by atoms with van der Waals surface area (Å²) in [5, 5.41) is 11.8. The number of urea groups is 1. The number of rotatable bonds is 9. The van der Waals surface area contributed by atoms with E-state index in [4.69, 9.17) is 5.11 Å². The van der Waals surface area contributed by atoms with Gasteiger partial charge in [0.15, 0.2) is 0 Å². The number of imide groups is 1. The fourth-order valence-corrected chi connectivity index (χ4v) is 5.77. The number of hydrogen-bond acceptors (Lipinski definition) is 5. The van der Waals surface area contributed by atoms with Crippen LogP contribution in [0.3, 0.4) is 0 Å². The Morgan fingerprint density at radius 2 is 1.41 bits per heavy atom. The number of carboxylic acids is 1. The molecule has 2 N–H and O–H groups in total. The fraction of sp³-hybridized carbons (Fsp3) is 0.842. The Balaban J connectivity index is 1.83. The first kappa shape index (κ1) is 22.4. The van der Waals surface area contributed by atoms with Gasteiger partial charge < -0.3 is 10.4 Å². The minimum Gasteiger partial charge on any atom is -0.481 e. The Kier molecular flexibility index (Phi) is 10.4. The molecule has 2 aliphatic rings. The Morgan fingerprint density at radius 3 is 2.00 bits per heavy atom. The van der Waals surface area contributed by atoms with Gasteiger partial charge in [-0.3, -0.25) is 14.5 Å². The van der Waals surface area contributed by atoms with Gasteiger partial charge in [-0.05, 0) is 25.7 Å². The van der Waals surface area contributed by atoms with Crippen molar-refractivity contribution in [1.82, 2.24) is 10.2 Å². The molecule has 0 spiro atoms. The van der Waals surface area contributed by atoms with E-state index in [2.05, 4.69) is 5.32 Å². The highest BCUT2D eigenvalue weighted by Crippen LogP contribution is 2.26. The fourth-order valence-electron chi connectivity index (χ4n) is 3.81. The summed E-state index contributed by atoms with van der Waals surface area (Å²) in [5.74, 6) is 0.231. The van der Waals surface area contributed by atoms with Crippen molar-refractivity contribution >= 4 is 39.5 Å². The summed E-state index contributed by atoms with van der Waals surface area (Å²) in [6, 6.07) is 0.0212. The summed E-state index contributed by atoms with van der Waals surface area (Å²) >= 11 is 0. The van der Waals surface area contributed by atoms with Crippen molar-refractivity contribution in [2.45, 2.75) is 89.1 Å². The summed E-state index contributed by atoms with van der Waals surface area (Å²) in [6.45, 7) is 0. The van der Waals surface area contributed by atoms with E-state index in [-0.39, 0.29) is 30.4 Å². The quantitative estimate of drug-likeness (QED) is 0.427. The Morgan fingerprint density at radius 1 is 0.852 bits per heavy atom. The third-order valence-electron chi connectivity index (χ3n) is 5.24. The van der Waals surface area contributed by atoms with Gasteiger partial charge in [-0.25, -0.2) is 4.79 Å². The molecular formula is C19H32N2O4S2. The van der Waals surface area contributed by atoms with E-state index in [0.717, 1.165) is 51.4 Å². The molecule has 2 rings (SSSR count). The summed E-state index contributed by atoms with van der Waals surface area (Å²) in [7, 11) is 2.98. The summed E-state index contributed by atoms with van der Waals surface area (Å²) in [4.78, 5) is 37.7. The van der Waals surface area contributed by atoms with Crippen LogP contribution in [0.2, 0.25) is 0 Å². The molecule has 0 aromatic heterocycles. The number of amides is 3. The van der Waals surface area contributed by atoms with Crippen molar-refractivity contribution in [1.29, 1.82) is 0 Å². The summed E-state index contributed by atoms with van der Waals surface area (Å²) < 4.78 is 0. The standard InChI is InChI=1S/C19H32N2O4S2/c22-17(11-13-26-27-14-12-18(23)24)21(16-9-5-2-6-10-16)19(25)20-15-7-3-1-4-8-15/h15-16H,1-14H2,(H,20,25)(H,23,24). The Labute approximate surface area is 170 Å². The van der Waals surface area contributed by atoms with Gasteiger partial charge in [-0.1, -0.05) is 60.1 Å². The van der Waals surface area contributed by atoms with Gasteiger partial charge in [0.05, 0.1) is 6.42 Å². The Hall–Kier alpha value is -0.890. The van der Waals surface area contributed by atoms with Crippen molar-refractivity contribution < 1.29 is 19.5 Å². The highest BCUT2D eigenvalue weighted by Gasteiger charge is 2.31. The van der Waals surface area contributed by atoms with E-state index in [1.165, 1.54) is 39.3 Å². The molecule has 0 saturated heterocycles. The molecule has 2 saturated carbocycles. The normalized spacial score (nSPS) is 18.8. The van der Waals surface area contributed by atoms with E-state index in [0.29, 0.717) is 17.9 Å². The molecule has 0 aliphatic heterocycles. The lowest BCUT2D eigenvalue weighted by Crippen LogP contribution is -2.53. The summed E-state index contributed by atoms with van der Waals surface area (Å²) in [6.07, 6.45) is 11.1. The van der Waals surface area contributed by atoms with Crippen molar-refractivity contribution in [3.63, 3.8) is 0 Å². The highest BCUT2D eigenvalue weighted by atomic mass is 33.1. The molecule has 0 unspecified atom stereocenters. The van der Waals surface area contributed by atoms with Crippen LogP contribution in [0.4, 0.5) is 4.79 Å². The molecule has 2 aliphatic carbocycles. The van der Waals surface area contributed by atoms with Gasteiger partial charge in [0.2, 0.25) is 5.91 Å². The predicted octanol–water partition coefficient (Wildman–Crippen LogP) is 4.44. The van der Waals surface area contributed by atoms with E-state index >= 15 is 0 Å². The second-order valence-electron chi connectivity index (χ2n) is 7.38. The van der Waals surface area contributed by atoms with Crippen LogP contribution >= 0.6 is 21.6 Å². The first-order valence-electron chi connectivity index (χ1n) is 10.2. The first-order chi connectivity index (χ1) is 13.1. The number of nitrogens with zero attached hydrogens (tertiary/aromatic N) is 1. The minimum atomic E-state index is -0.804. The summed E-state index contributed by atoms with van der Waals surface area (Å²) in [5.41, 5.74) is 0. The minimum absolute atomic E-state index is 0.0273. The van der Waals surface area contributed by atoms with Gasteiger partial charge >= 0.3 is 12.0 Å². The van der Waals surface area contributed by atoms with Gasteiger partial charge in [0.25, 0.3) is 0 Å². The maximum atomic E-state index is 12.9. The lowest BCUT2D eigenvalue weighted by atomic mass is 9.93. The molecule has 0 aromatic carbocycles. The van der Waals surface area contributed by atoms with Crippen molar-refractivity contribution in [2.24, 2.45) is 0 Å². The number of carboxylic acid groups (broad SMARTS) is 1. The maximum Gasteiger partial charge on any atom is 0.324 e. The molecule has 3 amide bonds. The smallest absolute Gasteiger partial charge is 0.324 e. The SMILES string of the molecule is O=C(O)CCSSCCC(=O)N(C(=O)NC1CCCCC1)C1CCCCC1. The van der Waals surface area contributed by atoms with Crippen molar-refractivity contribution in [3.05, 3.63) is 0 Å². The van der Waals surface area contributed by atoms with Gasteiger partial charge in [0, 0.05) is 30.0 Å². The average molecular weight is 417 g/mol.